The molecule has 2 aromatic rings. The van der Waals surface area contributed by atoms with Crippen LogP contribution in [0.4, 0.5) is 5.82 Å². The Kier molecular flexibility index (Phi) is 7.65. The second-order valence-corrected chi connectivity index (χ2v) is 8.56. The van der Waals surface area contributed by atoms with E-state index in [1.54, 1.807) is 11.3 Å². The lowest BCUT2D eigenvalue weighted by atomic mass is 10.2. The average Bonchev–Trinajstić information content (AvgIpc) is 2.91. The maximum Gasteiger partial charge on any atom is 0.191 e. The van der Waals surface area contributed by atoms with Gasteiger partial charge in [-0.25, -0.2) is 9.97 Å². The van der Waals surface area contributed by atoms with Gasteiger partial charge in [0, 0.05) is 50.7 Å². The van der Waals surface area contributed by atoms with E-state index < -0.39 is 0 Å². The van der Waals surface area contributed by atoms with Gasteiger partial charge in [0.25, 0.3) is 0 Å². The van der Waals surface area contributed by atoms with Crippen LogP contribution in [-0.4, -0.2) is 42.6 Å². The second-order valence-electron chi connectivity index (χ2n) is 7.28. The Bertz CT molecular complexity index is 757. The highest BCUT2D eigenvalue weighted by atomic mass is 32.1. The van der Waals surface area contributed by atoms with Crippen LogP contribution in [0.2, 0.25) is 0 Å². The summed E-state index contributed by atoms with van der Waals surface area (Å²) in [6, 6.07) is 4.27. The normalized spacial score (nSPS) is 15.4. The van der Waals surface area contributed by atoms with Gasteiger partial charge in [0.15, 0.2) is 5.96 Å². The molecule has 0 radical (unpaired) electrons. The van der Waals surface area contributed by atoms with Gasteiger partial charge < -0.3 is 15.5 Å². The molecule has 152 valence electrons. The van der Waals surface area contributed by atoms with Gasteiger partial charge in [0.2, 0.25) is 0 Å². The van der Waals surface area contributed by atoms with Crippen molar-refractivity contribution in [3.8, 4) is 0 Å². The van der Waals surface area contributed by atoms with Crippen LogP contribution in [0.1, 0.15) is 46.8 Å². The molecule has 0 unspecified atom stereocenters. The molecule has 1 fully saturated rings. The van der Waals surface area contributed by atoms with Gasteiger partial charge in [-0.15, -0.1) is 11.3 Å². The zero-order chi connectivity index (χ0) is 19.8. The Hall–Kier alpha value is -2.15. The van der Waals surface area contributed by atoms with Crippen LogP contribution >= 0.6 is 11.3 Å². The van der Waals surface area contributed by atoms with Crippen LogP contribution in [0.25, 0.3) is 0 Å². The van der Waals surface area contributed by atoms with E-state index in [1.165, 1.54) is 41.1 Å². The van der Waals surface area contributed by atoms with Gasteiger partial charge in [0.1, 0.15) is 5.82 Å². The molecule has 2 aromatic heterocycles. The summed E-state index contributed by atoms with van der Waals surface area (Å²) in [4.78, 5) is 17.2. The van der Waals surface area contributed by atoms with Crippen molar-refractivity contribution >= 4 is 23.1 Å². The fourth-order valence-electron chi connectivity index (χ4n) is 3.38. The number of anilines is 1. The molecule has 3 rings (SSSR count). The number of aliphatic imine (C=N–C) groups is 1. The van der Waals surface area contributed by atoms with Crippen LogP contribution in [0.3, 0.4) is 0 Å². The number of aryl methyl sites for hydroxylation is 2. The lowest BCUT2D eigenvalue weighted by Crippen LogP contribution is -2.37. The maximum atomic E-state index is 4.59. The summed E-state index contributed by atoms with van der Waals surface area (Å²) in [5, 5.41) is 7.96. The molecular formula is C21H32N6S. The third-order valence-corrected chi connectivity index (χ3v) is 6.26. The molecule has 3 heterocycles. The first-order valence-corrected chi connectivity index (χ1v) is 11.0. The third-order valence-electron chi connectivity index (χ3n) is 5.13. The molecule has 0 aromatic carbocycles. The van der Waals surface area contributed by atoms with E-state index in [1.807, 2.05) is 13.2 Å². The number of nitrogens with one attached hydrogen (secondary N) is 2. The highest BCUT2D eigenvalue weighted by molar-refractivity contribution is 7.11. The first-order chi connectivity index (χ1) is 13.7. The molecule has 28 heavy (non-hydrogen) atoms. The summed E-state index contributed by atoms with van der Waals surface area (Å²) in [7, 11) is 1.81. The molecule has 1 saturated heterocycles. The molecule has 0 atom stereocenters. The van der Waals surface area contributed by atoms with E-state index in [-0.39, 0.29) is 0 Å². The zero-order valence-electron chi connectivity index (χ0n) is 17.3. The summed E-state index contributed by atoms with van der Waals surface area (Å²) >= 11 is 1.78. The number of thiazole rings is 1. The van der Waals surface area contributed by atoms with Crippen LogP contribution in [0.15, 0.2) is 23.3 Å². The van der Waals surface area contributed by atoms with E-state index in [4.69, 9.17) is 0 Å². The number of rotatable bonds is 6. The van der Waals surface area contributed by atoms with Crippen molar-refractivity contribution in [2.45, 2.75) is 52.5 Å². The van der Waals surface area contributed by atoms with E-state index in [2.05, 4.69) is 56.5 Å². The fourth-order valence-corrected chi connectivity index (χ4v) is 4.32. The number of aromatic nitrogens is 2. The quantitative estimate of drug-likeness (QED) is 0.574. The minimum Gasteiger partial charge on any atom is -0.357 e. The lowest BCUT2D eigenvalue weighted by molar-refractivity contribution is 0.726. The molecule has 2 N–H and O–H groups in total. The largest absolute Gasteiger partial charge is 0.357 e. The fraction of sp³-hybridized carbons (Fsp3) is 0.571. The van der Waals surface area contributed by atoms with E-state index in [0.29, 0.717) is 0 Å². The smallest absolute Gasteiger partial charge is 0.191 e. The first-order valence-electron chi connectivity index (χ1n) is 10.2. The van der Waals surface area contributed by atoms with Gasteiger partial charge in [-0.3, -0.25) is 4.99 Å². The summed E-state index contributed by atoms with van der Waals surface area (Å²) < 4.78 is 0. The van der Waals surface area contributed by atoms with Crippen LogP contribution in [0.5, 0.6) is 0 Å². The van der Waals surface area contributed by atoms with E-state index in [0.717, 1.165) is 50.1 Å². The van der Waals surface area contributed by atoms with Gasteiger partial charge >= 0.3 is 0 Å². The molecule has 1 aliphatic rings. The average molecular weight is 401 g/mol. The molecule has 1 aliphatic heterocycles. The predicted octanol–water partition coefficient (Wildman–Crippen LogP) is 3.44. The summed E-state index contributed by atoms with van der Waals surface area (Å²) in [6.45, 7) is 7.97. The zero-order valence-corrected chi connectivity index (χ0v) is 18.1. The topological polar surface area (TPSA) is 65.4 Å². The Morgan fingerprint density at radius 1 is 1.18 bits per heavy atom. The third kappa shape index (κ3) is 5.92. The molecule has 7 heteroatoms. The van der Waals surface area contributed by atoms with Crippen molar-refractivity contribution in [3.05, 3.63) is 39.5 Å². The van der Waals surface area contributed by atoms with Crippen LogP contribution in [0, 0.1) is 13.8 Å². The molecule has 6 nitrogen and oxygen atoms in total. The number of hydrogen-bond acceptors (Lipinski definition) is 5. The van der Waals surface area contributed by atoms with Gasteiger partial charge in [0.05, 0.1) is 10.7 Å². The lowest BCUT2D eigenvalue weighted by Gasteiger charge is -2.22. The monoisotopic (exact) mass is 400 g/mol. The van der Waals surface area contributed by atoms with E-state index in [9.17, 15) is 0 Å². The van der Waals surface area contributed by atoms with Crippen molar-refractivity contribution in [2.24, 2.45) is 4.99 Å². The molecule has 0 bridgehead atoms. The van der Waals surface area contributed by atoms with Crippen LogP contribution in [-0.2, 0) is 13.0 Å². The van der Waals surface area contributed by atoms with Crippen molar-refractivity contribution < 1.29 is 0 Å². The standard InChI is InChI=1S/C21H32N6S/c1-16-17(2)28-20(26-16)9-11-24-21(22-3)25-15-18-8-10-23-19(14-18)27-12-6-4-5-7-13-27/h8,10,14H,4-7,9,11-13,15H2,1-3H3,(H2,22,24,25). The number of guanidine groups is 1. The Balaban J connectivity index is 1.48. The Labute approximate surface area is 172 Å². The van der Waals surface area contributed by atoms with Gasteiger partial charge in [-0.2, -0.15) is 0 Å². The first kappa shape index (κ1) is 20.6. The molecular weight excluding hydrogens is 368 g/mol. The maximum absolute atomic E-state index is 4.59. The minimum atomic E-state index is 0.735. The van der Waals surface area contributed by atoms with Gasteiger partial charge in [-0.1, -0.05) is 12.8 Å². The molecule has 0 spiro atoms. The van der Waals surface area contributed by atoms with Gasteiger partial charge in [-0.05, 0) is 44.4 Å². The van der Waals surface area contributed by atoms with Crippen molar-refractivity contribution in [1.82, 2.24) is 20.6 Å². The molecule has 0 aliphatic carbocycles. The molecule has 0 amide bonds. The number of nitrogens with zero attached hydrogens (tertiary/aromatic N) is 4. The van der Waals surface area contributed by atoms with Crippen molar-refractivity contribution in [2.75, 3.05) is 31.6 Å². The summed E-state index contributed by atoms with van der Waals surface area (Å²) in [5.41, 5.74) is 2.36. The highest BCUT2D eigenvalue weighted by Crippen LogP contribution is 2.18. The van der Waals surface area contributed by atoms with Crippen LogP contribution < -0.4 is 15.5 Å². The van der Waals surface area contributed by atoms with E-state index >= 15 is 0 Å². The second kappa shape index (κ2) is 10.4. The summed E-state index contributed by atoms with van der Waals surface area (Å²) in [6.07, 6.45) is 8.02. The SMILES string of the molecule is CN=C(NCCc1nc(C)c(C)s1)NCc1ccnc(N2CCCCCC2)c1. The Morgan fingerprint density at radius 2 is 1.96 bits per heavy atom. The predicted molar refractivity (Wildman–Crippen MR) is 118 cm³/mol. The summed E-state index contributed by atoms with van der Waals surface area (Å²) in [5.74, 6) is 1.91. The molecule has 0 saturated carbocycles. The minimum absolute atomic E-state index is 0.735. The van der Waals surface area contributed by atoms with Crippen molar-refractivity contribution in [3.63, 3.8) is 0 Å². The highest BCUT2D eigenvalue weighted by Gasteiger charge is 2.11. The number of hydrogen-bond donors (Lipinski definition) is 2. The van der Waals surface area contributed by atoms with Crippen molar-refractivity contribution in [1.29, 1.82) is 0 Å². The Morgan fingerprint density at radius 3 is 2.64 bits per heavy atom. The number of pyridine rings is 1.